The molecular formula is C40H84IP. The first kappa shape index (κ1) is 45.3. The van der Waals surface area contributed by atoms with Crippen LogP contribution in [-0.4, -0.2) is 24.6 Å². The molecule has 0 radical (unpaired) electrons. The maximum atomic E-state index is 2.44. The smallest absolute Gasteiger partial charge is 0.0594 e. The van der Waals surface area contributed by atoms with Crippen LogP contribution < -0.4 is 24.0 Å². The van der Waals surface area contributed by atoms with Crippen LogP contribution in [0.3, 0.4) is 0 Å². The number of halogens is 1. The number of hydrogen-bond acceptors (Lipinski definition) is 0. The number of unbranched alkanes of at least 4 members (excludes halogenated alkanes) is 28. The summed E-state index contributed by atoms with van der Waals surface area (Å²) in [5, 5.41) is 0. The van der Waals surface area contributed by atoms with Gasteiger partial charge in [-0.15, -0.1) is 0 Å². The third-order valence-corrected chi connectivity index (χ3v) is 15.0. The fraction of sp³-hybridized carbons (Fsp3) is 1.00. The third kappa shape index (κ3) is 32.6. The summed E-state index contributed by atoms with van der Waals surface area (Å²) in [4.78, 5) is 0. The lowest BCUT2D eigenvalue weighted by molar-refractivity contribution is -0.00000930. The minimum absolute atomic E-state index is 0. The summed E-state index contributed by atoms with van der Waals surface area (Å²) < 4.78 is 0. The zero-order valence-corrected chi connectivity index (χ0v) is 33.3. The van der Waals surface area contributed by atoms with E-state index < -0.39 is 7.26 Å². The molecule has 0 atom stereocenters. The SMILES string of the molecule is CCCCCCCCCCCC[P+](CCCC)(CCCCCCCCCCCC)CCCCCCCCCCCC.[I-]. The molecule has 42 heavy (non-hydrogen) atoms. The van der Waals surface area contributed by atoms with E-state index in [1.165, 1.54) is 186 Å². The molecule has 0 aromatic carbocycles. The first-order valence-corrected chi connectivity index (χ1v) is 22.6. The average molecular weight is 723 g/mol. The van der Waals surface area contributed by atoms with Gasteiger partial charge in [0, 0.05) is 7.26 Å². The molecule has 0 rings (SSSR count). The number of rotatable bonds is 36. The fourth-order valence-corrected chi connectivity index (χ4v) is 12.0. The molecule has 0 aromatic rings. The van der Waals surface area contributed by atoms with Gasteiger partial charge in [0.1, 0.15) is 0 Å². The van der Waals surface area contributed by atoms with E-state index in [4.69, 9.17) is 0 Å². The van der Waals surface area contributed by atoms with Gasteiger partial charge in [-0.3, -0.25) is 0 Å². The van der Waals surface area contributed by atoms with Crippen molar-refractivity contribution in [2.45, 2.75) is 233 Å². The Hall–Kier alpha value is 1.16. The van der Waals surface area contributed by atoms with E-state index in [0.717, 1.165) is 0 Å². The van der Waals surface area contributed by atoms with Gasteiger partial charge in [-0.05, 0) is 44.9 Å². The Morgan fingerprint density at radius 2 is 0.381 bits per heavy atom. The zero-order valence-electron chi connectivity index (χ0n) is 30.3. The Labute approximate surface area is 287 Å². The molecule has 0 aliphatic carbocycles. The molecule has 256 valence electrons. The second-order valence-electron chi connectivity index (χ2n) is 14.1. The average Bonchev–Trinajstić information content (AvgIpc) is 2.98. The summed E-state index contributed by atoms with van der Waals surface area (Å²) >= 11 is 0. The van der Waals surface area contributed by atoms with E-state index in [0.29, 0.717) is 0 Å². The van der Waals surface area contributed by atoms with Crippen molar-refractivity contribution >= 4 is 7.26 Å². The highest BCUT2D eigenvalue weighted by atomic mass is 127. The van der Waals surface area contributed by atoms with Crippen LogP contribution in [0, 0.1) is 0 Å². The first-order valence-electron chi connectivity index (χ1n) is 20.1. The lowest BCUT2D eigenvalue weighted by Crippen LogP contribution is -3.00. The third-order valence-electron chi connectivity index (χ3n) is 9.94. The van der Waals surface area contributed by atoms with Crippen LogP contribution in [0.2, 0.25) is 0 Å². The van der Waals surface area contributed by atoms with Crippen molar-refractivity contribution in [1.29, 1.82) is 0 Å². The monoisotopic (exact) mass is 723 g/mol. The van der Waals surface area contributed by atoms with Gasteiger partial charge in [-0.2, -0.15) is 0 Å². The van der Waals surface area contributed by atoms with Crippen LogP contribution in [0.15, 0.2) is 0 Å². The van der Waals surface area contributed by atoms with Crippen molar-refractivity contribution in [1.82, 2.24) is 0 Å². The van der Waals surface area contributed by atoms with E-state index in [-0.39, 0.29) is 24.0 Å². The lowest BCUT2D eigenvalue weighted by atomic mass is 10.1. The van der Waals surface area contributed by atoms with Crippen LogP contribution >= 0.6 is 7.26 Å². The molecule has 0 fully saturated rings. The molecule has 0 aliphatic heterocycles. The van der Waals surface area contributed by atoms with Crippen LogP contribution in [0.5, 0.6) is 0 Å². The highest BCUT2D eigenvalue weighted by Crippen LogP contribution is 2.61. The van der Waals surface area contributed by atoms with E-state index in [2.05, 4.69) is 27.7 Å². The molecule has 0 saturated carbocycles. The summed E-state index contributed by atoms with van der Waals surface area (Å²) in [6, 6.07) is 0. The van der Waals surface area contributed by atoms with Crippen LogP contribution in [0.25, 0.3) is 0 Å². The Balaban J connectivity index is 0. The maximum absolute atomic E-state index is 2.44. The number of hydrogen-bond donors (Lipinski definition) is 0. The predicted octanol–water partition coefficient (Wildman–Crippen LogP) is 12.6. The van der Waals surface area contributed by atoms with Gasteiger partial charge in [0.2, 0.25) is 0 Å². The Kier molecular flexibility index (Phi) is 41.3. The standard InChI is InChI=1S/C40H84P.HI/c1-5-9-13-16-19-22-25-28-31-34-38-41(37-12-8-4,39-35-32-29-26-23-20-17-14-10-6-2)40-36-33-30-27-24-21-18-15-11-7-3;/h5-40H2,1-4H3;1H/q+1;/p-1. The second-order valence-corrected chi connectivity index (χ2v) is 18.6. The molecule has 0 aromatic heterocycles. The van der Waals surface area contributed by atoms with Gasteiger partial charge < -0.3 is 24.0 Å². The van der Waals surface area contributed by atoms with E-state index in [1.54, 1.807) is 43.9 Å². The van der Waals surface area contributed by atoms with Crippen molar-refractivity contribution in [2.24, 2.45) is 0 Å². The quantitative estimate of drug-likeness (QED) is 0.0343. The summed E-state index contributed by atoms with van der Waals surface area (Å²) in [6.45, 7) is 9.43. The highest BCUT2D eigenvalue weighted by Gasteiger charge is 2.34. The van der Waals surface area contributed by atoms with Crippen LogP contribution in [-0.2, 0) is 0 Å². The topological polar surface area (TPSA) is 0 Å². The molecule has 0 unspecified atom stereocenters. The zero-order chi connectivity index (χ0) is 30.0. The summed E-state index contributed by atoms with van der Waals surface area (Å²) in [5.74, 6) is 0. The molecule has 0 saturated heterocycles. The minimum atomic E-state index is -0.735. The molecule has 0 N–H and O–H groups in total. The summed E-state index contributed by atoms with van der Waals surface area (Å²) in [5.41, 5.74) is 0. The van der Waals surface area contributed by atoms with Gasteiger partial charge in [0.05, 0.1) is 24.6 Å². The van der Waals surface area contributed by atoms with Gasteiger partial charge >= 0.3 is 0 Å². The maximum Gasteiger partial charge on any atom is 0.0594 e. The molecule has 0 heterocycles. The predicted molar refractivity (Wildman–Crippen MR) is 197 cm³/mol. The van der Waals surface area contributed by atoms with Crippen molar-refractivity contribution in [3.8, 4) is 0 Å². The molecule has 0 amide bonds. The van der Waals surface area contributed by atoms with Crippen molar-refractivity contribution < 1.29 is 24.0 Å². The first-order chi connectivity index (χ1) is 20.2. The Bertz CT molecular complexity index is 405. The van der Waals surface area contributed by atoms with Crippen molar-refractivity contribution in [2.75, 3.05) is 24.6 Å². The Morgan fingerprint density at radius 3 is 0.595 bits per heavy atom. The molecular weight excluding hydrogens is 638 g/mol. The summed E-state index contributed by atoms with van der Waals surface area (Å²) in [7, 11) is -0.735. The largest absolute Gasteiger partial charge is 1.00 e. The van der Waals surface area contributed by atoms with Crippen LogP contribution in [0.1, 0.15) is 233 Å². The fourth-order valence-electron chi connectivity index (χ4n) is 6.97. The lowest BCUT2D eigenvalue weighted by Gasteiger charge is -2.28. The van der Waals surface area contributed by atoms with Gasteiger partial charge in [0.15, 0.2) is 0 Å². The molecule has 0 spiro atoms. The van der Waals surface area contributed by atoms with Crippen molar-refractivity contribution in [3.63, 3.8) is 0 Å². The Morgan fingerprint density at radius 1 is 0.214 bits per heavy atom. The molecule has 2 heteroatoms. The van der Waals surface area contributed by atoms with E-state index >= 15 is 0 Å². The molecule has 0 nitrogen and oxygen atoms in total. The van der Waals surface area contributed by atoms with E-state index in [9.17, 15) is 0 Å². The van der Waals surface area contributed by atoms with Crippen LogP contribution in [0.4, 0.5) is 0 Å². The molecule has 0 aliphatic rings. The summed E-state index contributed by atoms with van der Waals surface area (Å²) in [6.07, 6.45) is 54.1. The highest BCUT2D eigenvalue weighted by molar-refractivity contribution is 7.75. The molecule has 0 bridgehead atoms. The van der Waals surface area contributed by atoms with Gasteiger partial charge in [0.25, 0.3) is 0 Å². The van der Waals surface area contributed by atoms with E-state index in [1.807, 2.05) is 0 Å². The van der Waals surface area contributed by atoms with Crippen molar-refractivity contribution in [3.05, 3.63) is 0 Å². The van der Waals surface area contributed by atoms with Gasteiger partial charge in [-0.1, -0.05) is 188 Å². The second kappa shape index (κ2) is 38.3. The minimum Gasteiger partial charge on any atom is -1.00 e. The normalized spacial score (nSPS) is 11.7. The van der Waals surface area contributed by atoms with Gasteiger partial charge in [-0.25, -0.2) is 0 Å².